The smallest absolute Gasteiger partial charge is 0.244 e. The first kappa shape index (κ1) is 16.7. The summed E-state index contributed by atoms with van der Waals surface area (Å²) >= 11 is 0. The van der Waals surface area contributed by atoms with Gasteiger partial charge in [-0.3, -0.25) is 9.69 Å². The number of para-hydroxylation sites is 1. The van der Waals surface area contributed by atoms with E-state index in [1.165, 1.54) is 11.6 Å². The maximum Gasteiger partial charge on any atom is 0.244 e. The van der Waals surface area contributed by atoms with Crippen LogP contribution in [0.2, 0.25) is 0 Å². The highest BCUT2D eigenvalue weighted by Crippen LogP contribution is 2.26. The molecule has 0 aromatic heterocycles. The number of nitrogens with zero attached hydrogens (tertiary/aromatic N) is 2. The molecule has 2 aromatic carbocycles. The number of halogens is 1. The van der Waals surface area contributed by atoms with Crippen molar-refractivity contribution < 1.29 is 9.18 Å². The summed E-state index contributed by atoms with van der Waals surface area (Å²) in [6.45, 7) is 5.84. The summed E-state index contributed by atoms with van der Waals surface area (Å²) in [5, 5.41) is 0. The average Bonchev–Trinajstić information content (AvgIpc) is 2.61. The van der Waals surface area contributed by atoms with Gasteiger partial charge in [0.2, 0.25) is 5.91 Å². The molecular formula is C20H23FN2O. The number of benzene rings is 2. The minimum absolute atomic E-state index is 0.0819. The molecule has 0 N–H and O–H groups in total. The molecule has 1 saturated heterocycles. The highest BCUT2D eigenvalue weighted by Gasteiger charge is 2.33. The van der Waals surface area contributed by atoms with Crippen LogP contribution in [0.25, 0.3) is 0 Å². The highest BCUT2D eigenvalue weighted by atomic mass is 19.1. The Hall–Kier alpha value is -2.20. The number of carbonyl (C=O) groups excluding carboxylic acids is 1. The topological polar surface area (TPSA) is 23.6 Å². The van der Waals surface area contributed by atoms with Gasteiger partial charge in [-0.15, -0.1) is 0 Å². The third kappa shape index (κ3) is 3.20. The number of rotatable bonds is 4. The summed E-state index contributed by atoms with van der Waals surface area (Å²) in [7, 11) is 0. The molecule has 1 aliphatic heterocycles. The zero-order valence-corrected chi connectivity index (χ0v) is 14.2. The van der Waals surface area contributed by atoms with Crippen molar-refractivity contribution in [3.8, 4) is 0 Å². The number of aryl methyl sites for hydroxylation is 1. The molecular weight excluding hydrogens is 303 g/mol. The van der Waals surface area contributed by atoms with Crippen LogP contribution in [0.3, 0.4) is 0 Å². The highest BCUT2D eigenvalue weighted by molar-refractivity contribution is 5.98. The van der Waals surface area contributed by atoms with Gasteiger partial charge in [0.05, 0.1) is 6.04 Å². The first-order valence-electron chi connectivity index (χ1n) is 8.48. The van der Waals surface area contributed by atoms with E-state index < -0.39 is 0 Å². The minimum Gasteiger partial charge on any atom is -0.310 e. The Morgan fingerprint density at radius 2 is 1.71 bits per heavy atom. The quantitative estimate of drug-likeness (QED) is 0.857. The minimum atomic E-state index is -0.261. The maximum atomic E-state index is 13.9. The molecule has 0 bridgehead atoms. The zero-order chi connectivity index (χ0) is 17.1. The fourth-order valence-corrected chi connectivity index (χ4v) is 3.29. The Bertz CT molecular complexity index is 731. The van der Waals surface area contributed by atoms with Crippen LogP contribution < -0.4 is 4.90 Å². The van der Waals surface area contributed by atoms with Gasteiger partial charge in [0.1, 0.15) is 5.82 Å². The van der Waals surface area contributed by atoms with Gasteiger partial charge in [-0.25, -0.2) is 4.39 Å². The van der Waals surface area contributed by atoms with E-state index in [1.54, 1.807) is 12.1 Å². The lowest BCUT2D eigenvalue weighted by atomic mass is 10.1. The lowest BCUT2D eigenvalue weighted by Gasteiger charge is -2.39. The number of amides is 1. The lowest BCUT2D eigenvalue weighted by Crippen LogP contribution is -2.55. The van der Waals surface area contributed by atoms with Gasteiger partial charge in [-0.2, -0.15) is 0 Å². The molecule has 3 nitrogen and oxygen atoms in total. The molecule has 1 fully saturated rings. The van der Waals surface area contributed by atoms with Gasteiger partial charge in [-0.1, -0.05) is 43.3 Å². The second-order valence-corrected chi connectivity index (χ2v) is 6.21. The van der Waals surface area contributed by atoms with E-state index in [0.717, 1.165) is 18.7 Å². The second kappa shape index (κ2) is 7.14. The van der Waals surface area contributed by atoms with Crippen LogP contribution >= 0.6 is 0 Å². The molecule has 1 atom stereocenters. The van der Waals surface area contributed by atoms with Gasteiger partial charge in [0, 0.05) is 30.9 Å². The van der Waals surface area contributed by atoms with Gasteiger partial charge < -0.3 is 4.90 Å². The molecule has 0 saturated carbocycles. The average molecular weight is 326 g/mol. The number of anilines is 1. The van der Waals surface area contributed by atoms with Crippen molar-refractivity contribution >= 4 is 11.6 Å². The van der Waals surface area contributed by atoms with Gasteiger partial charge >= 0.3 is 0 Å². The molecule has 1 heterocycles. The van der Waals surface area contributed by atoms with Crippen LogP contribution in [-0.4, -0.2) is 29.9 Å². The Labute approximate surface area is 142 Å². The summed E-state index contributed by atoms with van der Waals surface area (Å²) in [4.78, 5) is 16.8. The predicted molar refractivity (Wildman–Crippen MR) is 94.4 cm³/mol. The van der Waals surface area contributed by atoms with E-state index in [1.807, 2.05) is 41.0 Å². The van der Waals surface area contributed by atoms with E-state index in [9.17, 15) is 9.18 Å². The predicted octanol–water partition coefficient (Wildman–Crippen LogP) is 3.63. The summed E-state index contributed by atoms with van der Waals surface area (Å²) < 4.78 is 13.9. The number of carbonyl (C=O) groups is 1. The molecule has 1 aliphatic rings. The van der Waals surface area contributed by atoms with E-state index in [2.05, 4.69) is 13.0 Å². The Balaban J connectivity index is 1.78. The van der Waals surface area contributed by atoms with Crippen molar-refractivity contribution in [2.75, 3.05) is 18.0 Å². The van der Waals surface area contributed by atoms with Crippen LogP contribution in [0.1, 0.15) is 25.0 Å². The molecule has 24 heavy (non-hydrogen) atoms. The van der Waals surface area contributed by atoms with Crippen LogP contribution in [0.5, 0.6) is 0 Å². The van der Waals surface area contributed by atoms with E-state index in [0.29, 0.717) is 18.7 Å². The molecule has 4 heteroatoms. The normalized spacial score (nSPS) is 18.9. The van der Waals surface area contributed by atoms with Crippen molar-refractivity contribution in [1.82, 2.24) is 4.90 Å². The van der Waals surface area contributed by atoms with Crippen molar-refractivity contribution in [3.63, 3.8) is 0 Å². The molecule has 0 radical (unpaired) electrons. The van der Waals surface area contributed by atoms with Gasteiger partial charge in [0.25, 0.3) is 0 Å². The van der Waals surface area contributed by atoms with Crippen molar-refractivity contribution in [2.24, 2.45) is 0 Å². The van der Waals surface area contributed by atoms with Crippen LogP contribution in [-0.2, 0) is 17.8 Å². The van der Waals surface area contributed by atoms with E-state index >= 15 is 0 Å². The first-order chi connectivity index (χ1) is 11.6. The van der Waals surface area contributed by atoms with Crippen LogP contribution in [0.15, 0.2) is 48.5 Å². The Kier molecular flexibility index (Phi) is 4.95. The summed E-state index contributed by atoms with van der Waals surface area (Å²) in [5.41, 5.74) is 2.82. The monoisotopic (exact) mass is 326 g/mol. The molecule has 126 valence electrons. The molecule has 0 spiro atoms. The van der Waals surface area contributed by atoms with Gasteiger partial charge in [-0.05, 0) is 31.0 Å². The lowest BCUT2D eigenvalue weighted by molar-refractivity contribution is -0.125. The van der Waals surface area contributed by atoms with Crippen molar-refractivity contribution in [2.45, 2.75) is 32.9 Å². The number of hydrogen-bond donors (Lipinski definition) is 0. The Morgan fingerprint density at radius 3 is 2.42 bits per heavy atom. The number of hydrogen-bond acceptors (Lipinski definition) is 2. The Morgan fingerprint density at radius 1 is 1.04 bits per heavy atom. The molecule has 0 aliphatic carbocycles. The van der Waals surface area contributed by atoms with Crippen LogP contribution in [0, 0.1) is 5.82 Å². The SMILES string of the molecule is CCc1ccccc1N1CCN(Cc2ccccc2F)[C@H](C)C1=O. The summed E-state index contributed by atoms with van der Waals surface area (Å²) in [6, 6.07) is 14.6. The molecule has 1 amide bonds. The zero-order valence-electron chi connectivity index (χ0n) is 14.2. The maximum absolute atomic E-state index is 13.9. The number of piperazine rings is 1. The second-order valence-electron chi connectivity index (χ2n) is 6.21. The molecule has 0 unspecified atom stereocenters. The summed E-state index contributed by atoms with van der Waals surface area (Å²) in [5.74, 6) is -0.130. The summed E-state index contributed by atoms with van der Waals surface area (Å²) in [6.07, 6.45) is 0.896. The molecule has 3 rings (SSSR count). The first-order valence-corrected chi connectivity index (χ1v) is 8.48. The fourth-order valence-electron chi connectivity index (χ4n) is 3.29. The van der Waals surface area contributed by atoms with Crippen molar-refractivity contribution in [3.05, 3.63) is 65.5 Å². The standard InChI is InChI=1S/C20H23FN2O/c1-3-16-8-5-7-11-19(16)23-13-12-22(15(2)20(23)24)14-17-9-4-6-10-18(17)21/h4-11,15H,3,12-14H2,1-2H3/t15-/m1/s1. The van der Waals surface area contributed by atoms with E-state index in [-0.39, 0.29) is 17.8 Å². The van der Waals surface area contributed by atoms with Crippen molar-refractivity contribution in [1.29, 1.82) is 0 Å². The third-order valence-electron chi connectivity index (χ3n) is 4.78. The fraction of sp³-hybridized carbons (Fsp3) is 0.350. The third-order valence-corrected chi connectivity index (χ3v) is 4.78. The molecule has 2 aromatic rings. The van der Waals surface area contributed by atoms with Gasteiger partial charge in [0.15, 0.2) is 0 Å². The van der Waals surface area contributed by atoms with E-state index in [4.69, 9.17) is 0 Å². The largest absolute Gasteiger partial charge is 0.310 e. The van der Waals surface area contributed by atoms with Crippen LogP contribution in [0.4, 0.5) is 10.1 Å².